The van der Waals surface area contributed by atoms with Gasteiger partial charge in [-0.05, 0) is 25.8 Å². The first-order valence-corrected chi connectivity index (χ1v) is 4.80. The SMILES string of the molecule is C/C=C/C(=O)N1CCOCC12CC2. The van der Waals surface area contributed by atoms with Gasteiger partial charge in [0, 0.05) is 6.54 Å². The van der Waals surface area contributed by atoms with Crippen LogP contribution in [0.5, 0.6) is 0 Å². The number of rotatable bonds is 1. The van der Waals surface area contributed by atoms with Crippen LogP contribution in [-0.4, -0.2) is 36.1 Å². The summed E-state index contributed by atoms with van der Waals surface area (Å²) in [7, 11) is 0. The van der Waals surface area contributed by atoms with E-state index in [-0.39, 0.29) is 11.4 Å². The molecular formula is C10H15NO2. The van der Waals surface area contributed by atoms with Gasteiger partial charge in [0.25, 0.3) is 0 Å². The fraction of sp³-hybridized carbons (Fsp3) is 0.700. The van der Waals surface area contributed by atoms with Crippen molar-refractivity contribution in [1.29, 1.82) is 0 Å². The second-order valence-corrected chi connectivity index (χ2v) is 3.77. The van der Waals surface area contributed by atoms with Gasteiger partial charge in [0.05, 0.1) is 18.8 Å². The standard InChI is InChI=1S/C10H15NO2/c1-2-3-9(12)11-6-7-13-8-10(11)4-5-10/h2-3H,4-8H2,1H3/b3-2+. The molecule has 1 spiro atoms. The highest BCUT2D eigenvalue weighted by Gasteiger charge is 2.51. The van der Waals surface area contributed by atoms with Crippen LogP contribution in [0, 0.1) is 0 Å². The Kier molecular flexibility index (Phi) is 2.12. The average Bonchev–Trinajstić information content (AvgIpc) is 2.87. The highest BCUT2D eigenvalue weighted by Crippen LogP contribution is 2.43. The third-order valence-electron chi connectivity index (χ3n) is 2.80. The predicted molar refractivity (Wildman–Crippen MR) is 49.3 cm³/mol. The van der Waals surface area contributed by atoms with E-state index in [9.17, 15) is 4.79 Å². The molecule has 2 rings (SSSR count). The van der Waals surface area contributed by atoms with E-state index >= 15 is 0 Å². The summed E-state index contributed by atoms with van der Waals surface area (Å²) in [6.45, 7) is 4.04. The van der Waals surface area contributed by atoms with Crippen molar-refractivity contribution in [1.82, 2.24) is 4.90 Å². The Balaban J connectivity index is 2.07. The van der Waals surface area contributed by atoms with Crippen LogP contribution in [0.15, 0.2) is 12.2 Å². The lowest BCUT2D eigenvalue weighted by Crippen LogP contribution is -2.50. The first-order valence-electron chi connectivity index (χ1n) is 4.80. The summed E-state index contributed by atoms with van der Waals surface area (Å²) >= 11 is 0. The van der Waals surface area contributed by atoms with Crippen LogP contribution in [0.4, 0.5) is 0 Å². The lowest BCUT2D eigenvalue weighted by molar-refractivity contribution is -0.136. The molecule has 0 bridgehead atoms. The van der Waals surface area contributed by atoms with Crippen molar-refractivity contribution in [3.63, 3.8) is 0 Å². The van der Waals surface area contributed by atoms with E-state index in [1.165, 1.54) is 0 Å². The van der Waals surface area contributed by atoms with E-state index in [0.717, 1.165) is 26.0 Å². The minimum atomic E-state index is 0.0782. The number of hydrogen-bond donors (Lipinski definition) is 0. The lowest BCUT2D eigenvalue weighted by Gasteiger charge is -2.35. The second-order valence-electron chi connectivity index (χ2n) is 3.77. The molecule has 1 heterocycles. The molecule has 3 heteroatoms. The van der Waals surface area contributed by atoms with Crippen LogP contribution in [0.1, 0.15) is 19.8 Å². The van der Waals surface area contributed by atoms with E-state index in [0.29, 0.717) is 6.61 Å². The Hall–Kier alpha value is -0.830. The molecule has 0 aromatic carbocycles. The van der Waals surface area contributed by atoms with Gasteiger partial charge in [-0.15, -0.1) is 0 Å². The Morgan fingerprint density at radius 1 is 1.54 bits per heavy atom. The molecule has 0 aromatic heterocycles. The molecule has 2 fully saturated rings. The zero-order valence-electron chi connectivity index (χ0n) is 7.95. The quantitative estimate of drug-likeness (QED) is 0.564. The van der Waals surface area contributed by atoms with Crippen molar-refractivity contribution in [3.05, 3.63) is 12.2 Å². The zero-order chi connectivity index (χ0) is 9.31. The smallest absolute Gasteiger partial charge is 0.246 e. The maximum Gasteiger partial charge on any atom is 0.246 e. The van der Waals surface area contributed by atoms with Gasteiger partial charge in [-0.3, -0.25) is 4.79 Å². The van der Waals surface area contributed by atoms with E-state index in [1.54, 1.807) is 12.2 Å². The molecule has 0 N–H and O–H groups in total. The van der Waals surface area contributed by atoms with Gasteiger partial charge in [-0.1, -0.05) is 6.08 Å². The predicted octanol–water partition coefficient (Wildman–Crippen LogP) is 0.954. The molecular weight excluding hydrogens is 166 g/mol. The minimum Gasteiger partial charge on any atom is -0.377 e. The van der Waals surface area contributed by atoms with Gasteiger partial charge >= 0.3 is 0 Å². The largest absolute Gasteiger partial charge is 0.377 e. The van der Waals surface area contributed by atoms with Crippen molar-refractivity contribution in [2.75, 3.05) is 19.8 Å². The summed E-state index contributed by atoms with van der Waals surface area (Å²) < 4.78 is 5.39. The van der Waals surface area contributed by atoms with Gasteiger partial charge in [0.2, 0.25) is 5.91 Å². The third-order valence-corrected chi connectivity index (χ3v) is 2.80. The molecule has 0 unspecified atom stereocenters. The Morgan fingerprint density at radius 3 is 2.92 bits per heavy atom. The molecule has 1 saturated heterocycles. The highest BCUT2D eigenvalue weighted by molar-refractivity contribution is 5.88. The zero-order valence-corrected chi connectivity index (χ0v) is 7.95. The van der Waals surface area contributed by atoms with Crippen molar-refractivity contribution in [3.8, 4) is 0 Å². The monoisotopic (exact) mass is 181 g/mol. The number of allylic oxidation sites excluding steroid dienone is 1. The van der Waals surface area contributed by atoms with Gasteiger partial charge in [0.1, 0.15) is 0 Å². The van der Waals surface area contributed by atoms with E-state index in [2.05, 4.69) is 0 Å². The van der Waals surface area contributed by atoms with Crippen LogP contribution < -0.4 is 0 Å². The van der Waals surface area contributed by atoms with E-state index in [1.807, 2.05) is 11.8 Å². The summed E-state index contributed by atoms with van der Waals surface area (Å²) in [5, 5.41) is 0. The maximum absolute atomic E-state index is 11.6. The molecule has 0 atom stereocenters. The fourth-order valence-electron chi connectivity index (χ4n) is 1.87. The number of carbonyl (C=O) groups excluding carboxylic acids is 1. The van der Waals surface area contributed by atoms with Crippen LogP contribution in [0.3, 0.4) is 0 Å². The molecule has 1 aliphatic carbocycles. The van der Waals surface area contributed by atoms with Crippen molar-refractivity contribution in [2.24, 2.45) is 0 Å². The molecule has 3 nitrogen and oxygen atoms in total. The third kappa shape index (κ3) is 1.48. The van der Waals surface area contributed by atoms with Crippen molar-refractivity contribution < 1.29 is 9.53 Å². The molecule has 1 saturated carbocycles. The summed E-state index contributed by atoms with van der Waals surface area (Å²) in [5.41, 5.74) is 0.0782. The molecule has 1 aliphatic heterocycles. The number of amides is 1. The van der Waals surface area contributed by atoms with Crippen molar-refractivity contribution in [2.45, 2.75) is 25.3 Å². The van der Waals surface area contributed by atoms with Gasteiger partial charge in [-0.25, -0.2) is 0 Å². The second kappa shape index (κ2) is 3.14. The normalized spacial score (nSPS) is 25.5. The molecule has 0 radical (unpaired) electrons. The summed E-state index contributed by atoms with van der Waals surface area (Å²) in [4.78, 5) is 13.6. The van der Waals surface area contributed by atoms with Crippen LogP contribution >= 0.6 is 0 Å². The number of carbonyl (C=O) groups is 1. The first-order chi connectivity index (χ1) is 6.28. The molecule has 72 valence electrons. The van der Waals surface area contributed by atoms with E-state index in [4.69, 9.17) is 4.74 Å². The average molecular weight is 181 g/mol. The van der Waals surface area contributed by atoms with Crippen LogP contribution in [-0.2, 0) is 9.53 Å². The summed E-state index contributed by atoms with van der Waals surface area (Å²) in [6.07, 6.45) is 5.66. The van der Waals surface area contributed by atoms with Crippen LogP contribution in [0.25, 0.3) is 0 Å². The lowest BCUT2D eigenvalue weighted by atomic mass is 10.2. The number of ether oxygens (including phenoxy) is 1. The molecule has 13 heavy (non-hydrogen) atoms. The number of nitrogens with zero attached hydrogens (tertiary/aromatic N) is 1. The highest BCUT2D eigenvalue weighted by atomic mass is 16.5. The van der Waals surface area contributed by atoms with E-state index < -0.39 is 0 Å². The molecule has 1 amide bonds. The summed E-state index contributed by atoms with van der Waals surface area (Å²) in [6, 6.07) is 0. The Labute approximate surface area is 78.4 Å². The molecule has 2 aliphatic rings. The maximum atomic E-state index is 11.6. The number of hydrogen-bond acceptors (Lipinski definition) is 2. The number of morpholine rings is 1. The van der Waals surface area contributed by atoms with Gasteiger partial charge < -0.3 is 9.64 Å². The van der Waals surface area contributed by atoms with Gasteiger partial charge in [0.15, 0.2) is 0 Å². The molecule has 0 aromatic rings. The minimum absolute atomic E-state index is 0.0782. The Bertz CT molecular complexity index is 243. The topological polar surface area (TPSA) is 29.5 Å². The first kappa shape index (κ1) is 8.75. The summed E-state index contributed by atoms with van der Waals surface area (Å²) in [5.74, 6) is 0.142. The van der Waals surface area contributed by atoms with Crippen LogP contribution in [0.2, 0.25) is 0 Å². The van der Waals surface area contributed by atoms with Gasteiger partial charge in [-0.2, -0.15) is 0 Å². The Morgan fingerprint density at radius 2 is 2.31 bits per heavy atom. The van der Waals surface area contributed by atoms with Crippen molar-refractivity contribution >= 4 is 5.91 Å². The fourth-order valence-corrected chi connectivity index (χ4v) is 1.87.